The molecule has 1 N–H and O–H groups in total. The number of nitrogens with zero attached hydrogens (tertiary/aromatic N) is 3. The molecule has 0 radical (unpaired) electrons. The highest BCUT2D eigenvalue weighted by molar-refractivity contribution is 8.06. The Balaban J connectivity index is 2.11. The molecule has 0 bridgehead atoms. The number of H-pyrrole nitrogens is 1. The molecule has 2 atom stereocenters. The van der Waals surface area contributed by atoms with E-state index in [0.717, 1.165) is 5.82 Å². The standard InChI is InChI=1S/C7H12N4S2/c1-2-5-6(13-4-3-12-5)7-8-10-11-9-7/h5-6H,2-4H2,1H3,(H,8,9,10,11). The van der Waals surface area contributed by atoms with E-state index >= 15 is 0 Å². The molecular formula is C7H12N4S2. The maximum atomic E-state index is 4.06. The van der Waals surface area contributed by atoms with Gasteiger partial charge in [-0.05, 0) is 6.42 Å². The van der Waals surface area contributed by atoms with Crippen LogP contribution in [0.3, 0.4) is 0 Å². The highest BCUT2D eigenvalue weighted by Gasteiger charge is 2.29. The third-order valence-electron chi connectivity index (χ3n) is 2.07. The number of rotatable bonds is 2. The monoisotopic (exact) mass is 216 g/mol. The van der Waals surface area contributed by atoms with E-state index in [2.05, 4.69) is 27.5 Å². The van der Waals surface area contributed by atoms with Crippen LogP contribution in [0.1, 0.15) is 24.4 Å². The van der Waals surface area contributed by atoms with Crippen molar-refractivity contribution < 1.29 is 0 Å². The van der Waals surface area contributed by atoms with Crippen molar-refractivity contribution in [3.63, 3.8) is 0 Å². The lowest BCUT2D eigenvalue weighted by Crippen LogP contribution is -2.19. The Morgan fingerprint density at radius 3 is 3.00 bits per heavy atom. The van der Waals surface area contributed by atoms with Gasteiger partial charge in [-0.3, -0.25) is 0 Å². The molecule has 0 saturated carbocycles. The first-order valence-corrected chi connectivity index (χ1v) is 6.48. The Morgan fingerprint density at radius 1 is 1.46 bits per heavy atom. The Kier molecular flexibility index (Phi) is 3.10. The average molecular weight is 216 g/mol. The third kappa shape index (κ3) is 1.99. The number of hydrogen-bond donors (Lipinski definition) is 1. The summed E-state index contributed by atoms with van der Waals surface area (Å²) >= 11 is 3.97. The van der Waals surface area contributed by atoms with Crippen LogP contribution in [0.25, 0.3) is 0 Å². The van der Waals surface area contributed by atoms with E-state index in [-0.39, 0.29) is 0 Å². The van der Waals surface area contributed by atoms with Gasteiger partial charge in [0.25, 0.3) is 0 Å². The zero-order valence-corrected chi connectivity index (χ0v) is 9.07. The molecule has 1 aromatic heterocycles. The molecule has 1 aromatic rings. The van der Waals surface area contributed by atoms with Crippen LogP contribution >= 0.6 is 23.5 Å². The highest BCUT2D eigenvalue weighted by atomic mass is 32.2. The van der Waals surface area contributed by atoms with Gasteiger partial charge in [0.1, 0.15) is 0 Å². The smallest absolute Gasteiger partial charge is 0.177 e. The fraction of sp³-hybridized carbons (Fsp3) is 0.857. The molecule has 2 heterocycles. The zero-order chi connectivity index (χ0) is 9.10. The summed E-state index contributed by atoms with van der Waals surface area (Å²) in [5.41, 5.74) is 0. The molecule has 1 aliphatic heterocycles. The SMILES string of the molecule is CCC1SCCSC1c1nn[nH]n1. The van der Waals surface area contributed by atoms with Crippen LogP contribution in [0.2, 0.25) is 0 Å². The molecule has 1 saturated heterocycles. The molecule has 6 heteroatoms. The van der Waals surface area contributed by atoms with Crippen molar-refractivity contribution in [1.82, 2.24) is 20.6 Å². The molecule has 0 amide bonds. The van der Waals surface area contributed by atoms with Crippen LogP contribution in [0.4, 0.5) is 0 Å². The van der Waals surface area contributed by atoms with Gasteiger partial charge in [-0.2, -0.15) is 17.0 Å². The second kappa shape index (κ2) is 4.32. The van der Waals surface area contributed by atoms with E-state index in [4.69, 9.17) is 0 Å². The third-order valence-corrected chi connectivity index (χ3v) is 5.31. The minimum atomic E-state index is 0.433. The van der Waals surface area contributed by atoms with Crippen LogP contribution in [0.5, 0.6) is 0 Å². The first kappa shape index (κ1) is 9.33. The molecule has 1 fully saturated rings. The van der Waals surface area contributed by atoms with E-state index in [1.807, 2.05) is 23.5 Å². The van der Waals surface area contributed by atoms with Crippen LogP contribution in [0, 0.1) is 0 Å². The summed E-state index contributed by atoms with van der Waals surface area (Å²) in [6.07, 6.45) is 1.18. The lowest BCUT2D eigenvalue weighted by molar-refractivity contribution is 0.752. The minimum absolute atomic E-state index is 0.433. The molecule has 0 spiro atoms. The molecule has 1 aliphatic rings. The van der Waals surface area contributed by atoms with Gasteiger partial charge in [0.05, 0.1) is 5.25 Å². The second-order valence-electron chi connectivity index (χ2n) is 2.88. The predicted molar refractivity (Wildman–Crippen MR) is 55.9 cm³/mol. The molecule has 2 rings (SSSR count). The van der Waals surface area contributed by atoms with Gasteiger partial charge in [0.15, 0.2) is 5.82 Å². The Hall–Kier alpha value is -0.230. The fourth-order valence-electron chi connectivity index (χ4n) is 1.43. The van der Waals surface area contributed by atoms with Crippen LogP contribution in [-0.2, 0) is 0 Å². The first-order chi connectivity index (χ1) is 6.42. The Morgan fingerprint density at radius 2 is 2.31 bits per heavy atom. The van der Waals surface area contributed by atoms with E-state index < -0.39 is 0 Å². The average Bonchev–Trinajstić information content (AvgIpc) is 2.70. The van der Waals surface area contributed by atoms with Gasteiger partial charge in [-0.25, -0.2) is 0 Å². The van der Waals surface area contributed by atoms with Gasteiger partial charge in [0, 0.05) is 16.8 Å². The number of nitrogens with one attached hydrogen (secondary N) is 1. The summed E-state index contributed by atoms with van der Waals surface area (Å²) in [6.45, 7) is 2.22. The van der Waals surface area contributed by atoms with Gasteiger partial charge in [-0.1, -0.05) is 12.1 Å². The van der Waals surface area contributed by atoms with Crippen molar-refractivity contribution in [3.8, 4) is 0 Å². The summed E-state index contributed by atoms with van der Waals surface area (Å²) in [5.74, 6) is 3.31. The van der Waals surface area contributed by atoms with E-state index in [1.54, 1.807) is 0 Å². The summed E-state index contributed by atoms with van der Waals surface area (Å²) in [6, 6.07) is 0. The van der Waals surface area contributed by atoms with Crippen molar-refractivity contribution in [1.29, 1.82) is 0 Å². The van der Waals surface area contributed by atoms with Gasteiger partial charge < -0.3 is 0 Å². The van der Waals surface area contributed by atoms with Gasteiger partial charge >= 0.3 is 0 Å². The largest absolute Gasteiger partial charge is 0.188 e. The maximum absolute atomic E-state index is 4.06. The molecule has 13 heavy (non-hydrogen) atoms. The van der Waals surface area contributed by atoms with E-state index in [0.29, 0.717) is 10.5 Å². The fourth-order valence-corrected chi connectivity index (χ4v) is 4.42. The molecular weight excluding hydrogens is 204 g/mol. The summed E-state index contributed by atoms with van der Waals surface area (Å²) < 4.78 is 0. The number of thioether (sulfide) groups is 2. The number of aromatic nitrogens is 4. The topological polar surface area (TPSA) is 54.5 Å². The minimum Gasteiger partial charge on any atom is -0.177 e. The van der Waals surface area contributed by atoms with Crippen LogP contribution in [-0.4, -0.2) is 37.4 Å². The zero-order valence-electron chi connectivity index (χ0n) is 7.43. The highest BCUT2D eigenvalue weighted by Crippen LogP contribution is 2.42. The van der Waals surface area contributed by atoms with Crippen LogP contribution < -0.4 is 0 Å². The van der Waals surface area contributed by atoms with Gasteiger partial charge in [-0.15, -0.1) is 22.0 Å². The van der Waals surface area contributed by atoms with Crippen molar-refractivity contribution in [3.05, 3.63) is 5.82 Å². The van der Waals surface area contributed by atoms with Crippen LogP contribution in [0.15, 0.2) is 0 Å². The van der Waals surface area contributed by atoms with Gasteiger partial charge in [0.2, 0.25) is 0 Å². The molecule has 0 aliphatic carbocycles. The Bertz CT molecular complexity index is 251. The summed E-state index contributed by atoms with van der Waals surface area (Å²) in [4.78, 5) is 0. The first-order valence-electron chi connectivity index (χ1n) is 4.38. The number of hydrogen-bond acceptors (Lipinski definition) is 5. The van der Waals surface area contributed by atoms with E-state index in [1.165, 1.54) is 17.9 Å². The summed E-state index contributed by atoms with van der Waals surface area (Å²) in [5, 5.41) is 15.3. The number of aromatic amines is 1. The molecule has 72 valence electrons. The van der Waals surface area contributed by atoms with Crippen molar-refractivity contribution in [2.75, 3.05) is 11.5 Å². The molecule has 2 unspecified atom stereocenters. The maximum Gasteiger partial charge on any atom is 0.188 e. The van der Waals surface area contributed by atoms with E-state index in [9.17, 15) is 0 Å². The Labute approximate surface area is 85.6 Å². The predicted octanol–water partition coefficient (Wildman–Crippen LogP) is 1.50. The normalized spacial score (nSPS) is 29.0. The lowest BCUT2D eigenvalue weighted by Gasteiger charge is -2.27. The molecule has 0 aromatic carbocycles. The summed E-state index contributed by atoms with van der Waals surface area (Å²) in [7, 11) is 0. The molecule has 4 nitrogen and oxygen atoms in total. The van der Waals surface area contributed by atoms with Crippen molar-refractivity contribution >= 4 is 23.5 Å². The second-order valence-corrected chi connectivity index (χ2v) is 5.48. The van der Waals surface area contributed by atoms with Crippen molar-refractivity contribution in [2.24, 2.45) is 0 Å². The lowest BCUT2D eigenvalue weighted by atomic mass is 10.2. The van der Waals surface area contributed by atoms with Crippen molar-refractivity contribution in [2.45, 2.75) is 23.8 Å². The quantitative estimate of drug-likeness (QED) is 0.812. The number of tetrazole rings is 1.